The molecule has 2 amide bonds. The fraction of sp³-hybridized carbons (Fsp3) is 0.381. The van der Waals surface area contributed by atoms with Crippen molar-refractivity contribution in [2.45, 2.75) is 37.9 Å². The Kier molecular flexibility index (Phi) is 4.38. The summed E-state index contributed by atoms with van der Waals surface area (Å²) >= 11 is 0. The molecule has 1 fully saturated rings. The summed E-state index contributed by atoms with van der Waals surface area (Å²) in [6.45, 7) is 1.79. The van der Waals surface area contributed by atoms with Crippen LogP contribution < -0.4 is 5.32 Å². The molecule has 1 aliphatic carbocycles. The van der Waals surface area contributed by atoms with Gasteiger partial charge in [0.15, 0.2) is 0 Å². The Morgan fingerprint density at radius 3 is 2.80 bits per heavy atom. The van der Waals surface area contributed by atoms with Gasteiger partial charge in [0.25, 0.3) is 5.91 Å². The van der Waals surface area contributed by atoms with Crippen LogP contribution in [-0.2, 0) is 24.9 Å². The van der Waals surface area contributed by atoms with E-state index in [1.807, 2.05) is 36.0 Å². The van der Waals surface area contributed by atoms with Crippen molar-refractivity contribution in [3.8, 4) is 11.4 Å². The first-order chi connectivity index (χ1) is 14.6. The Morgan fingerprint density at radius 1 is 1.23 bits per heavy atom. The van der Waals surface area contributed by atoms with Crippen molar-refractivity contribution in [1.82, 2.24) is 34.5 Å². The molecule has 1 saturated carbocycles. The highest BCUT2D eigenvalue weighted by Crippen LogP contribution is 2.46. The van der Waals surface area contributed by atoms with Gasteiger partial charge in [-0.3, -0.25) is 14.3 Å². The van der Waals surface area contributed by atoms with E-state index in [0.717, 1.165) is 24.2 Å². The first-order valence-corrected chi connectivity index (χ1v) is 10.1. The van der Waals surface area contributed by atoms with Crippen LogP contribution in [0.1, 0.15) is 35.3 Å². The van der Waals surface area contributed by atoms with Crippen molar-refractivity contribution < 1.29 is 9.59 Å². The summed E-state index contributed by atoms with van der Waals surface area (Å²) in [4.78, 5) is 36.4. The first kappa shape index (κ1) is 18.5. The minimum atomic E-state index is -0.737. The zero-order valence-corrected chi connectivity index (χ0v) is 16.8. The highest BCUT2D eigenvalue weighted by molar-refractivity contribution is 6.02. The fourth-order valence-electron chi connectivity index (χ4n) is 4.07. The predicted molar refractivity (Wildman–Crippen MR) is 108 cm³/mol. The number of carbonyl (C=O) groups is 2. The molecular weight excluding hydrogens is 382 g/mol. The number of aryl methyl sites for hydroxylation is 2. The number of aromatic nitrogens is 5. The second-order valence-electron chi connectivity index (χ2n) is 7.88. The zero-order chi connectivity index (χ0) is 20.7. The smallest absolute Gasteiger partial charge is 0.274 e. The average molecular weight is 405 g/mol. The number of rotatable bonds is 7. The van der Waals surface area contributed by atoms with Crippen molar-refractivity contribution in [2.75, 3.05) is 6.54 Å². The standard InChI is InChI=1S/C21H23N7O2/c1-26-17(5-9-24-26)16-4-3-15-13-28(19(29)18(15)25-16)21(6-7-21)20(30)23-8-2-11-27-12-10-22-14-27/h3-5,9-10,12,14H,2,6-8,11,13H2,1H3,(H,23,30). The van der Waals surface area contributed by atoms with Crippen LogP contribution in [0.15, 0.2) is 43.1 Å². The van der Waals surface area contributed by atoms with Crippen LogP contribution in [0.2, 0.25) is 0 Å². The van der Waals surface area contributed by atoms with E-state index in [1.165, 1.54) is 0 Å². The number of hydrogen-bond acceptors (Lipinski definition) is 5. The number of amides is 2. The topological polar surface area (TPSA) is 97.9 Å². The van der Waals surface area contributed by atoms with Crippen LogP contribution in [-0.4, -0.2) is 53.1 Å². The zero-order valence-electron chi connectivity index (χ0n) is 16.8. The summed E-state index contributed by atoms with van der Waals surface area (Å²) in [5.41, 5.74) is 2.12. The molecule has 0 bridgehead atoms. The minimum Gasteiger partial charge on any atom is -0.354 e. The van der Waals surface area contributed by atoms with Gasteiger partial charge < -0.3 is 14.8 Å². The molecule has 3 aromatic heterocycles. The van der Waals surface area contributed by atoms with E-state index in [9.17, 15) is 9.59 Å². The molecule has 0 saturated heterocycles. The number of fused-ring (bicyclic) bond motifs is 1. The summed E-state index contributed by atoms with van der Waals surface area (Å²) in [6, 6.07) is 5.70. The monoisotopic (exact) mass is 405 g/mol. The Bertz CT molecular complexity index is 1100. The van der Waals surface area contributed by atoms with Gasteiger partial charge in [-0.15, -0.1) is 0 Å². The third-order valence-electron chi connectivity index (χ3n) is 5.94. The molecule has 0 radical (unpaired) electrons. The lowest BCUT2D eigenvalue weighted by Gasteiger charge is -2.26. The maximum atomic E-state index is 13.1. The van der Waals surface area contributed by atoms with Crippen molar-refractivity contribution in [2.24, 2.45) is 7.05 Å². The fourth-order valence-corrected chi connectivity index (χ4v) is 4.07. The second kappa shape index (κ2) is 7.08. The largest absolute Gasteiger partial charge is 0.354 e. The van der Waals surface area contributed by atoms with Crippen LogP contribution in [0.5, 0.6) is 0 Å². The van der Waals surface area contributed by atoms with E-state index in [-0.39, 0.29) is 11.8 Å². The molecule has 5 rings (SSSR count). The molecule has 0 unspecified atom stereocenters. The van der Waals surface area contributed by atoms with E-state index >= 15 is 0 Å². The van der Waals surface area contributed by atoms with Gasteiger partial charge in [0.05, 0.1) is 17.7 Å². The molecule has 1 aliphatic heterocycles. The first-order valence-electron chi connectivity index (χ1n) is 10.1. The van der Waals surface area contributed by atoms with Gasteiger partial charge in [-0.2, -0.15) is 5.10 Å². The van der Waals surface area contributed by atoms with Crippen LogP contribution >= 0.6 is 0 Å². The van der Waals surface area contributed by atoms with Crippen LogP contribution in [0.3, 0.4) is 0 Å². The van der Waals surface area contributed by atoms with Gasteiger partial charge in [0, 0.05) is 50.8 Å². The number of nitrogens with zero attached hydrogens (tertiary/aromatic N) is 6. The Morgan fingerprint density at radius 2 is 2.10 bits per heavy atom. The summed E-state index contributed by atoms with van der Waals surface area (Å²) in [5, 5.41) is 7.18. The Balaban J connectivity index is 1.26. The molecule has 30 heavy (non-hydrogen) atoms. The lowest BCUT2D eigenvalue weighted by atomic mass is 10.2. The van der Waals surface area contributed by atoms with Gasteiger partial charge >= 0.3 is 0 Å². The lowest BCUT2D eigenvalue weighted by molar-refractivity contribution is -0.127. The SMILES string of the molecule is Cn1nccc1-c1ccc2c(n1)C(=O)N(C1(C(=O)NCCCn3ccnc3)CC1)C2. The molecule has 154 valence electrons. The summed E-state index contributed by atoms with van der Waals surface area (Å²) in [6.07, 6.45) is 9.29. The molecule has 9 nitrogen and oxygen atoms in total. The number of carbonyl (C=O) groups excluding carboxylic acids is 2. The van der Waals surface area contributed by atoms with Gasteiger partial charge in [0.1, 0.15) is 11.2 Å². The Hall–Kier alpha value is -3.49. The van der Waals surface area contributed by atoms with Gasteiger partial charge in [0.2, 0.25) is 5.91 Å². The molecule has 4 heterocycles. The molecule has 1 N–H and O–H groups in total. The van der Waals surface area contributed by atoms with Gasteiger partial charge in [-0.1, -0.05) is 6.07 Å². The summed E-state index contributed by atoms with van der Waals surface area (Å²) in [7, 11) is 1.84. The van der Waals surface area contributed by atoms with E-state index in [0.29, 0.717) is 37.3 Å². The van der Waals surface area contributed by atoms with E-state index in [2.05, 4.69) is 20.4 Å². The number of nitrogens with one attached hydrogen (secondary N) is 1. The molecule has 2 aliphatic rings. The summed E-state index contributed by atoms with van der Waals surface area (Å²) in [5.74, 6) is -0.235. The molecule has 3 aromatic rings. The highest BCUT2D eigenvalue weighted by atomic mass is 16.2. The van der Waals surface area contributed by atoms with Crippen molar-refractivity contribution in [3.63, 3.8) is 0 Å². The van der Waals surface area contributed by atoms with Gasteiger partial charge in [-0.25, -0.2) is 9.97 Å². The maximum Gasteiger partial charge on any atom is 0.274 e. The van der Waals surface area contributed by atoms with E-state index in [1.54, 1.807) is 28.3 Å². The van der Waals surface area contributed by atoms with Crippen molar-refractivity contribution in [1.29, 1.82) is 0 Å². The second-order valence-corrected chi connectivity index (χ2v) is 7.88. The number of pyridine rings is 1. The molecule has 0 atom stereocenters. The Labute approximate surface area is 173 Å². The lowest BCUT2D eigenvalue weighted by Crippen LogP contribution is -2.49. The highest BCUT2D eigenvalue weighted by Gasteiger charge is 2.58. The van der Waals surface area contributed by atoms with Crippen molar-refractivity contribution >= 4 is 11.8 Å². The average Bonchev–Trinajstić information content (AvgIpc) is 3.05. The van der Waals surface area contributed by atoms with Crippen molar-refractivity contribution in [3.05, 3.63) is 54.4 Å². The number of imidazole rings is 1. The quantitative estimate of drug-likeness (QED) is 0.599. The van der Waals surface area contributed by atoms with Crippen LogP contribution in [0.4, 0.5) is 0 Å². The van der Waals surface area contributed by atoms with Crippen LogP contribution in [0.25, 0.3) is 11.4 Å². The van der Waals surface area contributed by atoms with E-state index < -0.39 is 5.54 Å². The summed E-state index contributed by atoms with van der Waals surface area (Å²) < 4.78 is 3.71. The minimum absolute atomic E-state index is 0.0684. The molecule has 0 spiro atoms. The predicted octanol–water partition coefficient (Wildman–Crippen LogP) is 1.37. The maximum absolute atomic E-state index is 13.1. The van der Waals surface area contributed by atoms with Gasteiger partial charge in [-0.05, 0) is 31.4 Å². The third-order valence-corrected chi connectivity index (χ3v) is 5.94. The van der Waals surface area contributed by atoms with Crippen LogP contribution in [0, 0.1) is 0 Å². The number of hydrogen-bond donors (Lipinski definition) is 1. The molecule has 9 heteroatoms. The molecular formula is C21H23N7O2. The normalized spacial score (nSPS) is 16.6. The third kappa shape index (κ3) is 3.06. The molecule has 0 aromatic carbocycles. The van der Waals surface area contributed by atoms with E-state index in [4.69, 9.17) is 0 Å².